The van der Waals surface area contributed by atoms with E-state index in [4.69, 9.17) is 16.1 Å². The highest BCUT2D eigenvalue weighted by Gasteiger charge is 2.25. The minimum absolute atomic E-state index is 0.0987. The Morgan fingerprint density at radius 3 is 3.00 bits per heavy atom. The van der Waals surface area contributed by atoms with Gasteiger partial charge in [0, 0.05) is 10.9 Å². The van der Waals surface area contributed by atoms with Gasteiger partial charge in [0.2, 0.25) is 0 Å². The predicted octanol–water partition coefficient (Wildman–Crippen LogP) is 4.39. The van der Waals surface area contributed by atoms with Crippen molar-refractivity contribution in [1.29, 1.82) is 0 Å². The molecule has 1 aliphatic carbocycles. The first-order valence-electron chi connectivity index (χ1n) is 6.96. The van der Waals surface area contributed by atoms with Crippen LogP contribution in [0.1, 0.15) is 44.3 Å². The van der Waals surface area contributed by atoms with Crippen LogP contribution in [0.3, 0.4) is 0 Å². The van der Waals surface area contributed by atoms with Crippen molar-refractivity contribution in [2.45, 2.75) is 38.5 Å². The highest BCUT2D eigenvalue weighted by molar-refractivity contribution is 6.30. The normalized spacial score (nSPS) is 22.9. The Labute approximate surface area is 122 Å². The molecule has 0 saturated heterocycles. The van der Waals surface area contributed by atoms with Gasteiger partial charge in [0.25, 0.3) is 5.89 Å². The smallest absolute Gasteiger partial charge is 0.261 e. The van der Waals surface area contributed by atoms with E-state index in [-0.39, 0.29) is 5.75 Å². The highest BCUT2D eigenvalue weighted by Crippen LogP contribution is 2.36. The van der Waals surface area contributed by atoms with Gasteiger partial charge in [0.05, 0.1) is 5.56 Å². The number of phenols is 1. The molecule has 3 rings (SSSR count). The van der Waals surface area contributed by atoms with Crippen molar-refractivity contribution >= 4 is 11.6 Å². The van der Waals surface area contributed by atoms with Gasteiger partial charge in [0.1, 0.15) is 5.75 Å². The maximum absolute atomic E-state index is 9.86. The van der Waals surface area contributed by atoms with Gasteiger partial charge in [-0.05, 0) is 37.0 Å². The lowest BCUT2D eigenvalue weighted by molar-refractivity contribution is 0.324. The number of rotatable bonds is 2. The molecule has 5 heteroatoms. The third-order valence-corrected chi connectivity index (χ3v) is 4.17. The number of benzene rings is 1. The standard InChI is InChI=1S/C15H17ClN2O2/c1-9-3-2-4-10(7-9)14-17-15(20-18-14)12-8-11(16)5-6-13(12)19/h5-6,8-10,19H,2-4,7H2,1H3. The third-order valence-electron chi connectivity index (χ3n) is 3.93. The Morgan fingerprint density at radius 2 is 2.20 bits per heavy atom. The van der Waals surface area contributed by atoms with Gasteiger partial charge in [-0.15, -0.1) is 0 Å². The molecule has 0 amide bonds. The van der Waals surface area contributed by atoms with Crippen LogP contribution in [-0.4, -0.2) is 15.2 Å². The van der Waals surface area contributed by atoms with Crippen molar-refractivity contribution in [1.82, 2.24) is 10.1 Å². The lowest BCUT2D eigenvalue weighted by Gasteiger charge is -2.23. The summed E-state index contributed by atoms with van der Waals surface area (Å²) < 4.78 is 5.30. The van der Waals surface area contributed by atoms with E-state index in [2.05, 4.69) is 17.1 Å². The van der Waals surface area contributed by atoms with E-state index in [1.165, 1.54) is 18.9 Å². The molecule has 1 aromatic carbocycles. The zero-order chi connectivity index (χ0) is 14.1. The highest BCUT2D eigenvalue weighted by atomic mass is 35.5. The summed E-state index contributed by atoms with van der Waals surface area (Å²) in [7, 11) is 0. The molecular formula is C15H17ClN2O2. The molecule has 1 aliphatic rings. The fourth-order valence-electron chi connectivity index (χ4n) is 2.86. The first-order chi connectivity index (χ1) is 9.63. The van der Waals surface area contributed by atoms with E-state index in [0.29, 0.717) is 28.3 Å². The predicted molar refractivity (Wildman–Crippen MR) is 76.8 cm³/mol. The minimum atomic E-state index is 0.0987. The fraction of sp³-hybridized carbons (Fsp3) is 0.467. The Morgan fingerprint density at radius 1 is 1.35 bits per heavy atom. The SMILES string of the molecule is CC1CCCC(c2noc(-c3cc(Cl)ccc3O)n2)C1. The molecule has 1 saturated carbocycles. The second-order valence-corrected chi connectivity index (χ2v) is 6.02. The summed E-state index contributed by atoms with van der Waals surface area (Å²) in [5.41, 5.74) is 0.486. The lowest BCUT2D eigenvalue weighted by Crippen LogP contribution is -2.12. The van der Waals surface area contributed by atoms with Gasteiger partial charge in [-0.2, -0.15) is 4.98 Å². The third kappa shape index (κ3) is 2.66. The van der Waals surface area contributed by atoms with Crippen LogP contribution in [0.15, 0.2) is 22.7 Å². The van der Waals surface area contributed by atoms with E-state index >= 15 is 0 Å². The minimum Gasteiger partial charge on any atom is -0.507 e. The number of aromatic hydroxyl groups is 1. The van der Waals surface area contributed by atoms with Crippen LogP contribution in [0.5, 0.6) is 5.75 Å². The summed E-state index contributed by atoms with van der Waals surface area (Å²) in [6.45, 7) is 2.26. The molecule has 20 heavy (non-hydrogen) atoms. The number of halogens is 1. The maximum Gasteiger partial charge on any atom is 0.261 e. The van der Waals surface area contributed by atoms with Gasteiger partial charge in [0.15, 0.2) is 5.82 Å². The van der Waals surface area contributed by atoms with E-state index in [1.807, 2.05) is 0 Å². The molecule has 106 valence electrons. The topological polar surface area (TPSA) is 59.2 Å². The first-order valence-corrected chi connectivity index (χ1v) is 7.34. The fourth-order valence-corrected chi connectivity index (χ4v) is 3.03. The molecule has 2 aromatic rings. The molecule has 4 nitrogen and oxygen atoms in total. The quantitative estimate of drug-likeness (QED) is 0.892. The van der Waals surface area contributed by atoms with Crippen LogP contribution in [-0.2, 0) is 0 Å². The Bertz CT molecular complexity index is 612. The molecule has 2 unspecified atom stereocenters. The molecule has 0 spiro atoms. The van der Waals surface area contributed by atoms with Crippen molar-refractivity contribution < 1.29 is 9.63 Å². The maximum atomic E-state index is 9.86. The van der Waals surface area contributed by atoms with E-state index in [1.54, 1.807) is 12.1 Å². The van der Waals surface area contributed by atoms with Crippen molar-refractivity contribution in [3.05, 3.63) is 29.0 Å². The summed E-state index contributed by atoms with van der Waals surface area (Å²) in [5.74, 6) is 2.23. The Hall–Kier alpha value is -1.55. The molecule has 1 heterocycles. The number of aromatic nitrogens is 2. The zero-order valence-electron chi connectivity index (χ0n) is 11.3. The van der Waals surface area contributed by atoms with Crippen LogP contribution in [0, 0.1) is 5.92 Å². The van der Waals surface area contributed by atoms with Gasteiger partial charge < -0.3 is 9.63 Å². The molecule has 1 aromatic heterocycles. The van der Waals surface area contributed by atoms with Gasteiger partial charge in [-0.3, -0.25) is 0 Å². The van der Waals surface area contributed by atoms with Gasteiger partial charge in [-0.25, -0.2) is 0 Å². The molecule has 0 bridgehead atoms. The summed E-state index contributed by atoms with van der Waals surface area (Å²) in [4.78, 5) is 4.44. The second-order valence-electron chi connectivity index (χ2n) is 5.59. The first kappa shape index (κ1) is 13.4. The zero-order valence-corrected chi connectivity index (χ0v) is 12.1. The number of nitrogens with zero attached hydrogens (tertiary/aromatic N) is 2. The van der Waals surface area contributed by atoms with Crippen molar-refractivity contribution in [3.8, 4) is 17.2 Å². The largest absolute Gasteiger partial charge is 0.507 e. The van der Waals surface area contributed by atoms with Gasteiger partial charge in [-0.1, -0.05) is 36.5 Å². The van der Waals surface area contributed by atoms with Crippen LogP contribution in [0.4, 0.5) is 0 Å². The van der Waals surface area contributed by atoms with Crippen molar-refractivity contribution in [3.63, 3.8) is 0 Å². The Kier molecular flexibility index (Phi) is 3.66. The molecule has 2 atom stereocenters. The van der Waals surface area contributed by atoms with Crippen LogP contribution < -0.4 is 0 Å². The molecular weight excluding hydrogens is 276 g/mol. The van der Waals surface area contributed by atoms with Crippen LogP contribution >= 0.6 is 11.6 Å². The average molecular weight is 293 g/mol. The Balaban J connectivity index is 1.88. The number of phenolic OH excluding ortho intramolecular Hbond substituents is 1. The van der Waals surface area contributed by atoms with Crippen LogP contribution in [0.2, 0.25) is 5.02 Å². The number of hydrogen-bond acceptors (Lipinski definition) is 4. The second kappa shape index (κ2) is 5.44. The molecule has 1 N–H and O–H groups in total. The molecule has 1 fully saturated rings. The van der Waals surface area contributed by atoms with E-state index in [0.717, 1.165) is 18.7 Å². The van der Waals surface area contributed by atoms with Gasteiger partial charge >= 0.3 is 0 Å². The monoisotopic (exact) mass is 292 g/mol. The summed E-state index contributed by atoms with van der Waals surface area (Å²) in [5, 5.41) is 14.5. The summed E-state index contributed by atoms with van der Waals surface area (Å²) >= 11 is 5.94. The van der Waals surface area contributed by atoms with E-state index in [9.17, 15) is 5.11 Å². The lowest BCUT2D eigenvalue weighted by atomic mass is 9.82. The summed E-state index contributed by atoms with van der Waals surface area (Å²) in [6, 6.07) is 4.79. The number of hydrogen-bond donors (Lipinski definition) is 1. The van der Waals surface area contributed by atoms with Crippen molar-refractivity contribution in [2.75, 3.05) is 0 Å². The summed E-state index contributed by atoms with van der Waals surface area (Å²) in [6.07, 6.45) is 4.68. The van der Waals surface area contributed by atoms with Crippen molar-refractivity contribution in [2.24, 2.45) is 5.92 Å². The van der Waals surface area contributed by atoms with Crippen LogP contribution in [0.25, 0.3) is 11.5 Å². The van der Waals surface area contributed by atoms with E-state index < -0.39 is 0 Å². The molecule has 0 radical (unpaired) electrons. The average Bonchev–Trinajstić information content (AvgIpc) is 2.91. The molecule has 0 aliphatic heterocycles.